The van der Waals surface area contributed by atoms with Crippen molar-refractivity contribution < 1.29 is 19.4 Å². The van der Waals surface area contributed by atoms with Gasteiger partial charge in [0.15, 0.2) is 0 Å². The maximum absolute atomic E-state index is 13.0. The number of aliphatic carboxylic acids is 1. The highest BCUT2D eigenvalue weighted by molar-refractivity contribution is 6.30. The third-order valence-electron chi connectivity index (χ3n) is 6.08. The Balaban J connectivity index is 1.27. The smallest absolute Gasteiger partial charge is 0.326 e. The fraction of sp³-hybridized carbons (Fsp3) is 0.100. The van der Waals surface area contributed by atoms with Gasteiger partial charge in [-0.3, -0.25) is 9.20 Å². The number of fused-ring (bicyclic) bond motifs is 1. The summed E-state index contributed by atoms with van der Waals surface area (Å²) in [6, 6.07) is 28.8. The molecule has 5 rings (SSSR count). The van der Waals surface area contributed by atoms with Gasteiger partial charge in [0.05, 0.1) is 5.69 Å². The highest BCUT2D eigenvalue weighted by Crippen LogP contribution is 2.23. The fourth-order valence-corrected chi connectivity index (χ4v) is 4.23. The first-order valence-electron chi connectivity index (χ1n) is 12.0. The number of nitrogens with one attached hydrogen (secondary N) is 1. The molecule has 2 aromatic heterocycles. The zero-order valence-corrected chi connectivity index (χ0v) is 21.0. The summed E-state index contributed by atoms with van der Waals surface area (Å²) in [5.41, 5.74) is 4.24. The molecule has 190 valence electrons. The van der Waals surface area contributed by atoms with Crippen LogP contribution in [0.25, 0.3) is 16.9 Å². The minimum atomic E-state index is -1.13. The highest BCUT2D eigenvalue weighted by Gasteiger charge is 2.23. The van der Waals surface area contributed by atoms with E-state index >= 15 is 0 Å². The van der Waals surface area contributed by atoms with E-state index in [1.54, 1.807) is 53.1 Å². The lowest BCUT2D eigenvalue weighted by Crippen LogP contribution is -2.42. The van der Waals surface area contributed by atoms with Crippen molar-refractivity contribution in [3.05, 3.63) is 125 Å². The quantitative estimate of drug-likeness (QED) is 0.259. The van der Waals surface area contributed by atoms with E-state index in [9.17, 15) is 14.7 Å². The van der Waals surface area contributed by atoms with E-state index in [0.717, 1.165) is 22.4 Å². The number of pyridine rings is 1. The molecular formula is C30H24ClN3O4. The molecule has 0 saturated heterocycles. The number of carboxylic acids is 1. The second kappa shape index (κ2) is 11.2. The molecule has 8 heteroatoms. The minimum Gasteiger partial charge on any atom is -0.489 e. The van der Waals surface area contributed by atoms with Gasteiger partial charge in [0.25, 0.3) is 5.91 Å². The van der Waals surface area contributed by atoms with Crippen molar-refractivity contribution in [1.29, 1.82) is 0 Å². The zero-order valence-electron chi connectivity index (χ0n) is 20.3. The van der Waals surface area contributed by atoms with Crippen LogP contribution in [0.2, 0.25) is 5.02 Å². The molecule has 5 aromatic rings. The standard InChI is InChI=1S/C30H24ClN3O4/c31-23-13-11-22(12-14-23)27-7-4-8-28-32-26(18-34(27)28)29(35)33-25(30(36)37)17-20-9-15-24(16-10-20)38-19-21-5-2-1-3-6-21/h1-16,18,25H,17,19H2,(H,33,35)(H,36,37)/t25-/m0/s1. The summed E-state index contributed by atoms with van der Waals surface area (Å²) < 4.78 is 7.59. The van der Waals surface area contributed by atoms with Crippen LogP contribution in [-0.4, -0.2) is 32.4 Å². The first-order valence-corrected chi connectivity index (χ1v) is 12.4. The van der Waals surface area contributed by atoms with E-state index in [-0.39, 0.29) is 12.1 Å². The van der Waals surface area contributed by atoms with Gasteiger partial charge in [-0.15, -0.1) is 0 Å². The largest absolute Gasteiger partial charge is 0.489 e. The number of benzene rings is 3. The summed E-state index contributed by atoms with van der Waals surface area (Å²) in [5.74, 6) is -1.02. The predicted molar refractivity (Wildman–Crippen MR) is 145 cm³/mol. The maximum Gasteiger partial charge on any atom is 0.326 e. The lowest BCUT2D eigenvalue weighted by Gasteiger charge is -2.14. The molecule has 1 amide bonds. The lowest BCUT2D eigenvalue weighted by atomic mass is 10.1. The SMILES string of the molecule is O=C(N[C@@H](Cc1ccc(OCc2ccccc2)cc1)C(=O)O)c1cn2c(-c3ccc(Cl)cc3)cccc2n1. The Morgan fingerprint density at radius 1 is 0.895 bits per heavy atom. The number of carbonyl (C=O) groups is 2. The second-order valence-corrected chi connectivity index (χ2v) is 9.20. The number of ether oxygens (including phenoxy) is 1. The van der Waals surface area contributed by atoms with Crippen LogP contribution in [0.1, 0.15) is 21.6 Å². The van der Waals surface area contributed by atoms with Gasteiger partial charge in [-0.1, -0.05) is 72.3 Å². The minimum absolute atomic E-state index is 0.115. The molecule has 7 nitrogen and oxygen atoms in total. The number of hydrogen-bond donors (Lipinski definition) is 2. The number of hydrogen-bond acceptors (Lipinski definition) is 4. The molecule has 0 saturated carbocycles. The van der Waals surface area contributed by atoms with E-state index in [2.05, 4.69) is 10.3 Å². The number of carbonyl (C=O) groups excluding carboxylic acids is 1. The van der Waals surface area contributed by atoms with E-state index in [0.29, 0.717) is 23.0 Å². The molecule has 0 aliphatic carbocycles. The average Bonchev–Trinajstić information content (AvgIpc) is 3.38. The first kappa shape index (κ1) is 25.0. The van der Waals surface area contributed by atoms with Crippen LogP contribution in [0.4, 0.5) is 0 Å². The van der Waals surface area contributed by atoms with Crippen molar-refractivity contribution in [3.63, 3.8) is 0 Å². The monoisotopic (exact) mass is 525 g/mol. The van der Waals surface area contributed by atoms with Gasteiger partial charge >= 0.3 is 5.97 Å². The Bertz CT molecular complexity index is 1570. The maximum atomic E-state index is 13.0. The van der Waals surface area contributed by atoms with Crippen LogP contribution in [-0.2, 0) is 17.8 Å². The average molecular weight is 526 g/mol. The number of halogens is 1. The molecule has 1 atom stereocenters. The Hall–Kier alpha value is -4.62. The summed E-state index contributed by atoms with van der Waals surface area (Å²) in [4.78, 5) is 29.4. The predicted octanol–water partition coefficient (Wildman–Crippen LogP) is 5.66. The number of rotatable bonds is 9. The summed E-state index contributed by atoms with van der Waals surface area (Å²) in [5, 5.41) is 13.0. The van der Waals surface area contributed by atoms with Crippen molar-refractivity contribution >= 4 is 29.1 Å². The number of amides is 1. The lowest BCUT2D eigenvalue weighted by molar-refractivity contribution is -0.139. The van der Waals surface area contributed by atoms with Crippen LogP contribution in [0.5, 0.6) is 5.75 Å². The molecule has 0 unspecified atom stereocenters. The van der Waals surface area contributed by atoms with E-state index in [1.165, 1.54) is 0 Å². The van der Waals surface area contributed by atoms with E-state index < -0.39 is 17.9 Å². The Morgan fingerprint density at radius 3 is 2.34 bits per heavy atom. The fourth-order valence-electron chi connectivity index (χ4n) is 4.11. The van der Waals surface area contributed by atoms with E-state index in [1.807, 2.05) is 54.6 Å². The van der Waals surface area contributed by atoms with Gasteiger partial charge in [-0.25, -0.2) is 9.78 Å². The summed E-state index contributed by atoms with van der Waals surface area (Å²) >= 11 is 6.01. The Morgan fingerprint density at radius 2 is 1.63 bits per heavy atom. The third kappa shape index (κ3) is 5.85. The molecule has 0 radical (unpaired) electrons. The van der Waals surface area contributed by atoms with Gasteiger partial charge in [-0.2, -0.15) is 0 Å². The molecule has 0 fully saturated rings. The molecular weight excluding hydrogens is 502 g/mol. The van der Waals surface area contributed by atoms with Crippen LogP contribution in [0.15, 0.2) is 103 Å². The van der Waals surface area contributed by atoms with Crippen molar-refractivity contribution in [2.75, 3.05) is 0 Å². The van der Waals surface area contributed by atoms with Crippen LogP contribution < -0.4 is 10.1 Å². The molecule has 0 aliphatic rings. The Labute approximate surface area is 224 Å². The van der Waals surface area contributed by atoms with Crippen molar-refractivity contribution in [3.8, 4) is 17.0 Å². The van der Waals surface area contributed by atoms with Gasteiger partial charge in [0.1, 0.15) is 29.7 Å². The molecule has 2 N–H and O–H groups in total. The molecule has 0 aliphatic heterocycles. The van der Waals surface area contributed by atoms with Gasteiger partial charge in [-0.05, 0) is 53.1 Å². The zero-order chi connectivity index (χ0) is 26.5. The highest BCUT2D eigenvalue weighted by atomic mass is 35.5. The van der Waals surface area contributed by atoms with Crippen molar-refractivity contribution in [2.24, 2.45) is 0 Å². The van der Waals surface area contributed by atoms with Gasteiger partial charge < -0.3 is 15.2 Å². The summed E-state index contributed by atoms with van der Waals surface area (Å²) in [6.07, 6.45) is 1.72. The number of nitrogens with zero attached hydrogens (tertiary/aromatic N) is 2. The topological polar surface area (TPSA) is 92.9 Å². The molecule has 38 heavy (non-hydrogen) atoms. The van der Waals surface area contributed by atoms with Crippen LogP contribution in [0, 0.1) is 0 Å². The molecule has 2 heterocycles. The van der Waals surface area contributed by atoms with Crippen molar-refractivity contribution in [1.82, 2.24) is 14.7 Å². The van der Waals surface area contributed by atoms with Crippen LogP contribution in [0.3, 0.4) is 0 Å². The van der Waals surface area contributed by atoms with Gasteiger partial charge in [0.2, 0.25) is 0 Å². The third-order valence-corrected chi connectivity index (χ3v) is 6.33. The van der Waals surface area contributed by atoms with Crippen molar-refractivity contribution in [2.45, 2.75) is 19.1 Å². The number of carboxylic acid groups (broad SMARTS) is 1. The summed E-state index contributed by atoms with van der Waals surface area (Å²) in [7, 11) is 0. The molecule has 0 bridgehead atoms. The van der Waals surface area contributed by atoms with Gasteiger partial charge in [0, 0.05) is 17.6 Å². The summed E-state index contributed by atoms with van der Waals surface area (Å²) in [6.45, 7) is 0.437. The number of aromatic nitrogens is 2. The Kier molecular flexibility index (Phi) is 7.38. The molecule has 0 spiro atoms. The van der Waals surface area contributed by atoms with Crippen LogP contribution >= 0.6 is 11.6 Å². The van der Waals surface area contributed by atoms with E-state index in [4.69, 9.17) is 16.3 Å². The first-order chi connectivity index (χ1) is 18.5. The number of imidazole rings is 1. The normalized spacial score (nSPS) is 11.7. The second-order valence-electron chi connectivity index (χ2n) is 8.76. The molecule has 3 aromatic carbocycles.